The third kappa shape index (κ3) is 2.82. The van der Waals surface area contributed by atoms with Crippen LogP contribution in [0.25, 0.3) is 5.57 Å². The van der Waals surface area contributed by atoms with Gasteiger partial charge in [-0.25, -0.2) is 4.39 Å². The van der Waals surface area contributed by atoms with Crippen molar-refractivity contribution in [1.82, 2.24) is 0 Å². The van der Waals surface area contributed by atoms with Crippen LogP contribution in [0.15, 0.2) is 23.8 Å². The molecule has 0 saturated heterocycles. The summed E-state index contributed by atoms with van der Waals surface area (Å²) in [4.78, 5) is 0. The standard InChI is InChI=1S/C13H17FO/c1-5-15-13-8-11(14)6-7-12(13)10(4)9(2)3/h6-8H,5H2,1-4H3. The van der Waals surface area contributed by atoms with E-state index in [2.05, 4.69) is 0 Å². The van der Waals surface area contributed by atoms with Gasteiger partial charge in [0.2, 0.25) is 0 Å². The molecule has 0 atom stereocenters. The second-order valence-corrected chi connectivity index (χ2v) is 3.70. The van der Waals surface area contributed by atoms with Gasteiger partial charge in [0.25, 0.3) is 0 Å². The predicted molar refractivity (Wildman–Crippen MR) is 61.5 cm³/mol. The zero-order chi connectivity index (χ0) is 11.4. The predicted octanol–water partition coefficient (Wildman–Crippen LogP) is 4.04. The normalized spacial score (nSPS) is 9.93. The Balaban J connectivity index is 3.23. The smallest absolute Gasteiger partial charge is 0.129 e. The average Bonchev–Trinajstić information content (AvgIpc) is 2.17. The van der Waals surface area contributed by atoms with E-state index in [1.807, 2.05) is 27.7 Å². The molecule has 0 amide bonds. The molecule has 0 spiro atoms. The second-order valence-electron chi connectivity index (χ2n) is 3.70. The van der Waals surface area contributed by atoms with Crippen molar-refractivity contribution in [2.75, 3.05) is 6.61 Å². The molecule has 0 heterocycles. The number of hydrogen-bond donors (Lipinski definition) is 0. The lowest BCUT2D eigenvalue weighted by molar-refractivity contribution is 0.337. The van der Waals surface area contributed by atoms with Crippen LogP contribution in [-0.2, 0) is 0 Å². The van der Waals surface area contributed by atoms with Gasteiger partial charge in [0.15, 0.2) is 0 Å². The van der Waals surface area contributed by atoms with Crippen molar-refractivity contribution in [3.05, 3.63) is 35.2 Å². The molecular weight excluding hydrogens is 191 g/mol. The first kappa shape index (κ1) is 11.8. The zero-order valence-electron chi connectivity index (χ0n) is 9.73. The third-order valence-electron chi connectivity index (χ3n) is 2.40. The van der Waals surface area contributed by atoms with Crippen LogP contribution in [0.4, 0.5) is 4.39 Å². The Bertz CT molecular complexity index is 376. The van der Waals surface area contributed by atoms with Crippen molar-refractivity contribution in [3.8, 4) is 5.75 Å². The molecule has 0 saturated carbocycles. The Hall–Kier alpha value is -1.31. The fraction of sp³-hybridized carbons (Fsp3) is 0.385. The minimum atomic E-state index is -0.260. The highest BCUT2D eigenvalue weighted by Gasteiger charge is 2.07. The van der Waals surface area contributed by atoms with Crippen molar-refractivity contribution in [3.63, 3.8) is 0 Å². The average molecular weight is 208 g/mol. The Morgan fingerprint density at radius 3 is 2.47 bits per heavy atom. The van der Waals surface area contributed by atoms with Gasteiger partial charge in [0.1, 0.15) is 11.6 Å². The van der Waals surface area contributed by atoms with Gasteiger partial charge in [-0.3, -0.25) is 0 Å². The van der Waals surface area contributed by atoms with Crippen LogP contribution in [0.3, 0.4) is 0 Å². The lowest BCUT2D eigenvalue weighted by Gasteiger charge is -2.11. The van der Waals surface area contributed by atoms with E-state index in [1.54, 1.807) is 6.07 Å². The summed E-state index contributed by atoms with van der Waals surface area (Å²) in [6.45, 7) is 8.53. The lowest BCUT2D eigenvalue weighted by Crippen LogP contribution is -1.97. The molecule has 15 heavy (non-hydrogen) atoms. The van der Waals surface area contributed by atoms with Crippen molar-refractivity contribution < 1.29 is 9.13 Å². The van der Waals surface area contributed by atoms with Crippen molar-refractivity contribution >= 4 is 5.57 Å². The van der Waals surface area contributed by atoms with Crippen LogP contribution in [0.5, 0.6) is 5.75 Å². The first-order valence-electron chi connectivity index (χ1n) is 5.13. The number of ether oxygens (including phenoxy) is 1. The van der Waals surface area contributed by atoms with Crippen LogP contribution in [-0.4, -0.2) is 6.61 Å². The monoisotopic (exact) mass is 208 g/mol. The molecule has 82 valence electrons. The maximum Gasteiger partial charge on any atom is 0.129 e. The molecular formula is C13H17FO. The highest BCUT2D eigenvalue weighted by atomic mass is 19.1. The van der Waals surface area contributed by atoms with Gasteiger partial charge >= 0.3 is 0 Å². The van der Waals surface area contributed by atoms with Gasteiger partial charge in [0, 0.05) is 11.6 Å². The maximum absolute atomic E-state index is 13.0. The molecule has 1 rings (SSSR count). The molecule has 1 aromatic carbocycles. The molecule has 0 aliphatic heterocycles. The van der Waals surface area contributed by atoms with E-state index in [1.165, 1.54) is 17.7 Å². The van der Waals surface area contributed by atoms with Crippen LogP contribution in [0, 0.1) is 5.82 Å². The lowest BCUT2D eigenvalue weighted by atomic mass is 10.0. The van der Waals surface area contributed by atoms with E-state index in [0.717, 1.165) is 11.1 Å². The number of halogens is 1. The van der Waals surface area contributed by atoms with Crippen molar-refractivity contribution in [2.24, 2.45) is 0 Å². The minimum Gasteiger partial charge on any atom is -0.493 e. The van der Waals surface area contributed by atoms with E-state index in [9.17, 15) is 4.39 Å². The summed E-state index contributed by atoms with van der Waals surface area (Å²) >= 11 is 0. The fourth-order valence-electron chi connectivity index (χ4n) is 1.35. The van der Waals surface area contributed by atoms with Gasteiger partial charge in [0.05, 0.1) is 6.61 Å². The Labute approximate surface area is 90.6 Å². The molecule has 2 heteroatoms. The Morgan fingerprint density at radius 2 is 1.93 bits per heavy atom. The van der Waals surface area contributed by atoms with Gasteiger partial charge in [-0.1, -0.05) is 5.57 Å². The van der Waals surface area contributed by atoms with Crippen molar-refractivity contribution in [2.45, 2.75) is 27.7 Å². The maximum atomic E-state index is 13.0. The summed E-state index contributed by atoms with van der Waals surface area (Å²) < 4.78 is 18.5. The number of hydrogen-bond acceptors (Lipinski definition) is 1. The number of benzene rings is 1. The molecule has 1 aromatic rings. The van der Waals surface area contributed by atoms with E-state index < -0.39 is 0 Å². The molecule has 1 nitrogen and oxygen atoms in total. The zero-order valence-corrected chi connectivity index (χ0v) is 9.73. The van der Waals surface area contributed by atoms with E-state index in [4.69, 9.17) is 4.74 Å². The fourth-order valence-corrected chi connectivity index (χ4v) is 1.35. The topological polar surface area (TPSA) is 9.23 Å². The third-order valence-corrected chi connectivity index (χ3v) is 2.40. The first-order valence-corrected chi connectivity index (χ1v) is 5.13. The summed E-state index contributed by atoms with van der Waals surface area (Å²) in [6, 6.07) is 4.66. The summed E-state index contributed by atoms with van der Waals surface area (Å²) in [5.41, 5.74) is 3.32. The van der Waals surface area contributed by atoms with Crippen molar-refractivity contribution in [1.29, 1.82) is 0 Å². The molecule has 0 bridgehead atoms. The second kappa shape index (κ2) is 4.96. The van der Waals surface area contributed by atoms with Gasteiger partial charge in [-0.2, -0.15) is 0 Å². The highest BCUT2D eigenvalue weighted by Crippen LogP contribution is 2.28. The molecule has 0 aromatic heterocycles. The summed E-state index contributed by atoms with van der Waals surface area (Å²) in [5, 5.41) is 0. The Morgan fingerprint density at radius 1 is 1.27 bits per heavy atom. The van der Waals surface area contributed by atoms with Crippen LogP contribution in [0.1, 0.15) is 33.3 Å². The molecule has 0 unspecified atom stereocenters. The van der Waals surface area contributed by atoms with Crippen LogP contribution >= 0.6 is 0 Å². The van der Waals surface area contributed by atoms with E-state index in [0.29, 0.717) is 12.4 Å². The molecule has 0 N–H and O–H groups in total. The number of rotatable bonds is 3. The molecule has 0 fully saturated rings. The van der Waals surface area contributed by atoms with Crippen LogP contribution < -0.4 is 4.74 Å². The summed E-state index contributed by atoms with van der Waals surface area (Å²) in [5.74, 6) is 0.361. The van der Waals surface area contributed by atoms with Gasteiger partial charge in [-0.05, 0) is 45.4 Å². The molecule has 0 aliphatic rings. The van der Waals surface area contributed by atoms with Gasteiger partial charge < -0.3 is 4.74 Å². The Kier molecular flexibility index (Phi) is 3.89. The molecule has 0 aliphatic carbocycles. The summed E-state index contributed by atoms with van der Waals surface area (Å²) in [6.07, 6.45) is 0. The largest absolute Gasteiger partial charge is 0.493 e. The molecule has 0 radical (unpaired) electrons. The highest BCUT2D eigenvalue weighted by molar-refractivity contribution is 5.71. The first-order chi connectivity index (χ1) is 7.06. The van der Waals surface area contributed by atoms with Gasteiger partial charge in [-0.15, -0.1) is 0 Å². The minimum absolute atomic E-state index is 0.260. The quantitative estimate of drug-likeness (QED) is 0.728. The SMILES string of the molecule is CCOc1cc(F)ccc1C(C)=C(C)C. The van der Waals surface area contributed by atoms with E-state index in [-0.39, 0.29) is 5.82 Å². The van der Waals surface area contributed by atoms with E-state index >= 15 is 0 Å². The van der Waals surface area contributed by atoms with Crippen LogP contribution in [0.2, 0.25) is 0 Å². The number of allylic oxidation sites excluding steroid dienone is 2. The summed E-state index contributed by atoms with van der Waals surface area (Å²) in [7, 11) is 0.